The van der Waals surface area contributed by atoms with Crippen LogP contribution in [0.15, 0.2) is 48.5 Å². The van der Waals surface area contributed by atoms with Gasteiger partial charge in [0.1, 0.15) is 12.1 Å². The highest BCUT2D eigenvalue weighted by molar-refractivity contribution is 6.35. The Bertz CT molecular complexity index is 1050. The molecule has 0 aliphatic rings. The van der Waals surface area contributed by atoms with Crippen LogP contribution in [-0.2, 0) is 32.0 Å². The van der Waals surface area contributed by atoms with E-state index in [1.54, 1.807) is 42.5 Å². The molecule has 0 saturated heterocycles. The van der Waals surface area contributed by atoms with Crippen molar-refractivity contribution in [2.24, 2.45) is 11.5 Å². The van der Waals surface area contributed by atoms with E-state index in [4.69, 9.17) is 34.7 Å². The van der Waals surface area contributed by atoms with Crippen molar-refractivity contribution in [1.82, 2.24) is 10.6 Å². The number of halogens is 2. The van der Waals surface area contributed by atoms with Crippen molar-refractivity contribution in [2.75, 3.05) is 0 Å². The highest BCUT2D eigenvalue weighted by Crippen LogP contribution is 2.22. The van der Waals surface area contributed by atoms with Crippen LogP contribution in [0.25, 0.3) is 0 Å². The maximum Gasteiger partial charge on any atom is 0.252 e. The number of carbonyl (C=O) groups is 4. The smallest absolute Gasteiger partial charge is 0.252 e. The largest absolute Gasteiger partial charge is 0.380 e. The topological polar surface area (TPSA) is 185 Å². The number of primary amides is 2. The van der Waals surface area contributed by atoms with Gasteiger partial charge in [0.15, 0.2) is 12.2 Å². The Hall–Kier alpha value is -3.18. The van der Waals surface area contributed by atoms with E-state index in [9.17, 15) is 29.4 Å². The minimum atomic E-state index is -2.21. The Morgan fingerprint density at radius 2 is 1.41 bits per heavy atom. The fourth-order valence-electron chi connectivity index (χ4n) is 3.02. The number of hydrogen-bond acceptors (Lipinski definition) is 6. The molecule has 0 radical (unpaired) electrons. The molecule has 8 N–H and O–H groups in total. The van der Waals surface area contributed by atoms with Crippen molar-refractivity contribution in [2.45, 2.75) is 37.1 Å². The van der Waals surface area contributed by atoms with E-state index in [0.29, 0.717) is 16.1 Å². The van der Waals surface area contributed by atoms with Crippen LogP contribution in [0.5, 0.6) is 0 Å². The van der Waals surface area contributed by atoms with Crippen LogP contribution in [0.4, 0.5) is 0 Å². The van der Waals surface area contributed by atoms with E-state index in [1.165, 1.54) is 6.07 Å². The highest BCUT2D eigenvalue weighted by Gasteiger charge is 2.33. The third-order valence-electron chi connectivity index (χ3n) is 4.87. The molecule has 0 heterocycles. The van der Waals surface area contributed by atoms with Gasteiger partial charge in [-0.3, -0.25) is 19.2 Å². The van der Waals surface area contributed by atoms with Gasteiger partial charge in [-0.1, -0.05) is 59.6 Å². The number of nitrogens with two attached hydrogens (primary N) is 2. The second kappa shape index (κ2) is 12.3. The van der Waals surface area contributed by atoms with Crippen LogP contribution >= 0.6 is 23.2 Å². The fraction of sp³-hybridized carbons (Fsp3) is 0.273. The molecule has 0 unspecified atom stereocenters. The molecule has 0 aliphatic heterocycles. The molecular formula is C22H24Cl2N4O6. The first-order valence-corrected chi connectivity index (χ1v) is 10.8. The summed E-state index contributed by atoms with van der Waals surface area (Å²) in [5, 5.41) is 24.8. The number of aliphatic hydroxyl groups excluding tert-OH is 2. The van der Waals surface area contributed by atoms with Gasteiger partial charge in [0.25, 0.3) is 5.91 Å². The van der Waals surface area contributed by atoms with E-state index >= 15 is 0 Å². The molecule has 0 spiro atoms. The quantitative estimate of drug-likeness (QED) is 0.235. The number of benzene rings is 2. The maximum atomic E-state index is 13.0. The van der Waals surface area contributed by atoms with Crippen molar-refractivity contribution < 1.29 is 29.4 Å². The van der Waals surface area contributed by atoms with Crippen LogP contribution < -0.4 is 22.1 Å². The maximum absolute atomic E-state index is 13.0. The number of carbonyl (C=O) groups excluding carboxylic acids is 4. The first-order chi connectivity index (χ1) is 16.0. The second-order valence-corrected chi connectivity index (χ2v) is 8.29. The second-order valence-electron chi connectivity index (χ2n) is 7.45. The summed E-state index contributed by atoms with van der Waals surface area (Å²) in [6, 6.07) is 10.7. The lowest BCUT2D eigenvalue weighted by molar-refractivity contribution is -0.145. The molecule has 12 heteroatoms. The van der Waals surface area contributed by atoms with Gasteiger partial charge in [0.2, 0.25) is 17.7 Å². The van der Waals surface area contributed by atoms with Gasteiger partial charge in [-0.2, -0.15) is 0 Å². The molecule has 182 valence electrons. The lowest BCUT2D eigenvalue weighted by Crippen LogP contribution is -2.57. The predicted octanol–water partition coefficient (Wildman–Crippen LogP) is -0.559. The molecule has 0 aliphatic carbocycles. The molecule has 34 heavy (non-hydrogen) atoms. The first-order valence-electron chi connectivity index (χ1n) is 10.0. The number of rotatable bonds is 11. The summed E-state index contributed by atoms with van der Waals surface area (Å²) < 4.78 is 0. The highest BCUT2D eigenvalue weighted by atomic mass is 35.5. The van der Waals surface area contributed by atoms with Gasteiger partial charge in [-0.15, -0.1) is 0 Å². The van der Waals surface area contributed by atoms with Crippen LogP contribution in [0.1, 0.15) is 11.1 Å². The van der Waals surface area contributed by atoms with E-state index in [2.05, 4.69) is 10.6 Å². The standard InChI is InChI=1S/C22H24Cl2N4O6/c23-13-7-6-12(14(24)10-13)9-15(19(25)31)27-21(33)16(8-11-4-2-1-3-5-11)28-22(34)18(30)17(29)20(26)32/h1-7,10,15-18,29-30H,8-9H2,(H2,25,31)(H2,26,32)(H,27,33)(H,28,34)/t15-,16+,17+,18+/m0/s1. The monoisotopic (exact) mass is 510 g/mol. The Balaban J connectivity index is 2.23. The molecule has 0 saturated carbocycles. The Morgan fingerprint density at radius 1 is 0.794 bits per heavy atom. The summed E-state index contributed by atoms with van der Waals surface area (Å²) >= 11 is 12.0. The van der Waals surface area contributed by atoms with E-state index in [0.717, 1.165) is 0 Å². The first kappa shape index (κ1) is 27.1. The summed E-state index contributed by atoms with van der Waals surface area (Å²) in [6.45, 7) is 0. The lowest BCUT2D eigenvalue weighted by Gasteiger charge is -2.24. The summed E-state index contributed by atoms with van der Waals surface area (Å²) in [5.41, 5.74) is 11.5. The minimum absolute atomic E-state index is 0.0367. The Kier molecular flexibility index (Phi) is 9.82. The zero-order valence-corrected chi connectivity index (χ0v) is 19.3. The van der Waals surface area contributed by atoms with Crippen LogP contribution in [0.3, 0.4) is 0 Å². The number of nitrogens with one attached hydrogen (secondary N) is 2. The van der Waals surface area contributed by atoms with Gasteiger partial charge in [-0.25, -0.2) is 0 Å². The SMILES string of the molecule is NC(=O)[C@H](Cc1ccc(Cl)cc1Cl)NC(=O)[C@@H](Cc1ccccc1)NC(=O)[C@H](O)[C@@H](O)C(N)=O. The Morgan fingerprint density at radius 3 is 1.97 bits per heavy atom. The Labute approximate surface area is 205 Å². The van der Waals surface area contributed by atoms with Crippen molar-refractivity contribution in [3.63, 3.8) is 0 Å². The minimum Gasteiger partial charge on any atom is -0.380 e. The molecule has 0 bridgehead atoms. The van der Waals surface area contributed by atoms with Crippen molar-refractivity contribution in [3.8, 4) is 0 Å². The third-order valence-corrected chi connectivity index (χ3v) is 5.46. The molecule has 0 aromatic heterocycles. The zero-order valence-electron chi connectivity index (χ0n) is 17.8. The third kappa shape index (κ3) is 7.70. The van der Waals surface area contributed by atoms with Crippen molar-refractivity contribution in [3.05, 3.63) is 69.7 Å². The average molecular weight is 511 g/mol. The van der Waals surface area contributed by atoms with Crippen molar-refractivity contribution in [1.29, 1.82) is 0 Å². The van der Waals surface area contributed by atoms with E-state index in [1.807, 2.05) is 0 Å². The molecule has 4 amide bonds. The van der Waals surface area contributed by atoms with Crippen LogP contribution in [-0.4, -0.2) is 58.1 Å². The van der Waals surface area contributed by atoms with Gasteiger partial charge < -0.3 is 32.3 Å². The molecule has 2 aromatic rings. The van der Waals surface area contributed by atoms with Gasteiger partial charge in [0.05, 0.1) is 0 Å². The van der Waals surface area contributed by atoms with Crippen LogP contribution in [0, 0.1) is 0 Å². The molecule has 4 atom stereocenters. The zero-order chi connectivity index (χ0) is 25.4. The molecule has 0 fully saturated rings. The van der Waals surface area contributed by atoms with Gasteiger partial charge in [0, 0.05) is 22.9 Å². The van der Waals surface area contributed by atoms with E-state index < -0.39 is 47.9 Å². The predicted molar refractivity (Wildman–Crippen MR) is 125 cm³/mol. The molecular weight excluding hydrogens is 487 g/mol. The lowest BCUT2D eigenvalue weighted by atomic mass is 10.0. The molecule has 2 aromatic carbocycles. The molecule has 10 nitrogen and oxygen atoms in total. The van der Waals surface area contributed by atoms with Crippen LogP contribution in [0.2, 0.25) is 10.0 Å². The average Bonchev–Trinajstić information content (AvgIpc) is 2.79. The summed E-state index contributed by atoms with van der Waals surface area (Å²) in [7, 11) is 0. The van der Waals surface area contributed by atoms with Gasteiger partial charge in [-0.05, 0) is 23.3 Å². The number of aliphatic hydroxyl groups is 2. The summed E-state index contributed by atoms with van der Waals surface area (Å²) in [6.07, 6.45) is -4.47. The number of hydrogen-bond donors (Lipinski definition) is 6. The van der Waals surface area contributed by atoms with Crippen molar-refractivity contribution >= 4 is 46.8 Å². The van der Waals surface area contributed by atoms with E-state index in [-0.39, 0.29) is 17.9 Å². The normalized spacial score (nSPS) is 14.4. The molecule has 2 rings (SSSR count). The number of amides is 4. The van der Waals surface area contributed by atoms with Gasteiger partial charge >= 0.3 is 0 Å². The summed E-state index contributed by atoms with van der Waals surface area (Å²) in [4.78, 5) is 48.5. The fourth-order valence-corrected chi connectivity index (χ4v) is 3.50. The summed E-state index contributed by atoms with van der Waals surface area (Å²) in [5.74, 6) is -4.18.